The van der Waals surface area contributed by atoms with Crippen molar-refractivity contribution in [2.24, 2.45) is 23.2 Å². The zero-order chi connectivity index (χ0) is 10.1. The van der Waals surface area contributed by atoms with Crippen molar-refractivity contribution < 1.29 is 0 Å². The summed E-state index contributed by atoms with van der Waals surface area (Å²) in [5, 5.41) is 0. The van der Waals surface area contributed by atoms with Crippen molar-refractivity contribution in [3.63, 3.8) is 0 Å². The molecule has 13 heavy (non-hydrogen) atoms. The molecule has 0 aromatic rings. The first kappa shape index (κ1) is 11.1. The molecule has 0 aromatic heterocycles. The molecule has 0 saturated heterocycles. The Morgan fingerprint density at radius 2 is 1.77 bits per heavy atom. The normalized spacial score (nSPS) is 35.3. The van der Waals surface area contributed by atoms with Crippen LogP contribution in [0.1, 0.15) is 60.3 Å². The Labute approximate surface area is 84.1 Å². The van der Waals surface area contributed by atoms with Crippen molar-refractivity contribution in [2.75, 3.05) is 0 Å². The first-order valence-electron chi connectivity index (χ1n) is 5.97. The molecule has 1 rings (SSSR count). The summed E-state index contributed by atoms with van der Waals surface area (Å²) in [6, 6.07) is 0. The molecule has 0 radical (unpaired) electrons. The number of rotatable bonds is 3. The molecule has 0 heterocycles. The minimum Gasteiger partial charge on any atom is -0.0654 e. The lowest BCUT2D eigenvalue weighted by Gasteiger charge is -2.34. The minimum absolute atomic E-state index is 0.582. The highest BCUT2D eigenvalue weighted by Gasteiger charge is 2.38. The van der Waals surface area contributed by atoms with Crippen molar-refractivity contribution in [1.82, 2.24) is 0 Å². The topological polar surface area (TPSA) is 0 Å². The molecule has 3 atom stereocenters. The van der Waals surface area contributed by atoms with E-state index in [0.717, 1.165) is 17.8 Å². The third-order valence-corrected chi connectivity index (χ3v) is 4.02. The highest BCUT2D eigenvalue weighted by Crippen LogP contribution is 2.47. The summed E-state index contributed by atoms with van der Waals surface area (Å²) in [4.78, 5) is 0. The molecule has 1 aliphatic rings. The summed E-state index contributed by atoms with van der Waals surface area (Å²) >= 11 is 0. The van der Waals surface area contributed by atoms with Gasteiger partial charge in [0, 0.05) is 0 Å². The summed E-state index contributed by atoms with van der Waals surface area (Å²) in [6.07, 6.45) is 5.66. The smallest absolute Gasteiger partial charge is 0.0323 e. The SMILES string of the molecule is CCCC(C)(C)C1CC(C)CC1C. The fraction of sp³-hybridized carbons (Fsp3) is 1.00. The molecule has 0 bridgehead atoms. The first-order valence-corrected chi connectivity index (χ1v) is 5.97. The average Bonchev–Trinajstić information content (AvgIpc) is 2.30. The van der Waals surface area contributed by atoms with Crippen LogP contribution in [-0.4, -0.2) is 0 Å². The molecule has 0 spiro atoms. The van der Waals surface area contributed by atoms with Crippen LogP contribution in [0.25, 0.3) is 0 Å². The molecule has 1 fully saturated rings. The molecule has 78 valence electrons. The van der Waals surface area contributed by atoms with Crippen LogP contribution in [0, 0.1) is 23.2 Å². The van der Waals surface area contributed by atoms with Crippen molar-refractivity contribution in [1.29, 1.82) is 0 Å². The summed E-state index contributed by atoms with van der Waals surface area (Å²) in [5.41, 5.74) is 0.582. The number of hydrogen-bond donors (Lipinski definition) is 0. The van der Waals surface area contributed by atoms with Gasteiger partial charge in [0.2, 0.25) is 0 Å². The molecule has 0 aromatic carbocycles. The van der Waals surface area contributed by atoms with E-state index in [-0.39, 0.29) is 0 Å². The zero-order valence-corrected chi connectivity index (χ0v) is 10.1. The molecule has 0 amide bonds. The molecule has 0 aliphatic heterocycles. The maximum Gasteiger partial charge on any atom is -0.0323 e. The van der Waals surface area contributed by atoms with E-state index in [4.69, 9.17) is 0 Å². The largest absolute Gasteiger partial charge is 0.0654 e. The van der Waals surface area contributed by atoms with Crippen LogP contribution >= 0.6 is 0 Å². The van der Waals surface area contributed by atoms with Crippen LogP contribution in [0.3, 0.4) is 0 Å². The second-order valence-corrected chi connectivity index (χ2v) is 5.90. The Morgan fingerprint density at radius 1 is 1.15 bits per heavy atom. The molecule has 0 nitrogen and oxygen atoms in total. The Bertz CT molecular complexity index is 157. The van der Waals surface area contributed by atoms with Gasteiger partial charge in [-0.05, 0) is 42.4 Å². The standard InChI is InChI=1S/C13H26/c1-6-7-13(4,5)12-9-10(2)8-11(12)3/h10-12H,6-9H2,1-5H3. The second kappa shape index (κ2) is 4.02. The Balaban J connectivity index is 2.60. The number of hydrogen-bond acceptors (Lipinski definition) is 0. The van der Waals surface area contributed by atoms with Crippen LogP contribution in [0.5, 0.6) is 0 Å². The van der Waals surface area contributed by atoms with E-state index in [1.165, 1.54) is 25.7 Å². The molecule has 0 heteroatoms. The van der Waals surface area contributed by atoms with E-state index in [1.54, 1.807) is 0 Å². The van der Waals surface area contributed by atoms with E-state index in [9.17, 15) is 0 Å². The van der Waals surface area contributed by atoms with Gasteiger partial charge in [0.25, 0.3) is 0 Å². The van der Waals surface area contributed by atoms with Crippen molar-refractivity contribution in [2.45, 2.75) is 60.3 Å². The fourth-order valence-corrected chi connectivity index (χ4v) is 3.48. The zero-order valence-electron chi connectivity index (χ0n) is 10.1. The van der Waals surface area contributed by atoms with Crippen LogP contribution < -0.4 is 0 Å². The van der Waals surface area contributed by atoms with Gasteiger partial charge in [0.1, 0.15) is 0 Å². The van der Waals surface area contributed by atoms with Gasteiger partial charge in [-0.1, -0.05) is 41.0 Å². The van der Waals surface area contributed by atoms with E-state index in [0.29, 0.717) is 5.41 Å². The highest BCUT2D eigenvalue weighted by atomic mass is 14.4. The lowest BCUT2D eigenvalue weighted by Crippen LogP contribution is -2.25. The van der Waals surface area contributed by atoms with Gasteiger partial charge in [-0.3, -0.25) is 0 Å². The van der Waals surface area contributed by atoms with Crippen LogP contribution in [-0.2, 0) is 0 Å². The summed E-state index contributed by atoms with van der Waals surface area (Å²) < 4.78 is 0. The van der Waals surface area contributed by atoms with Crippen LogP contribution in [0.2, 0.25) is 0 Å². The predicted molar refractivity (Wildman–Crippen MR) is 59.7 cm³/mol. The monoisotopic (exact) mass is 182 g/mol. The Morgan fingerprint density at radius 3 is 2.15 bits per heavy atom. The predicted octanol–water partition coefficient (Wildman–Crippen LogP) is 4.49. The van der Waals surface area contributed by atoms with Gasteiger partial charge in [-0.15, -0.1) is 0 Å². The van der Waals surface area contributed by atoms with Gasteiger partial charge in [0.05, 0.1) is 0 Å². The molecule has 1 aliphatic carbocycles. The van der Waals surface area contributed by atoms with Gasteiger partial charge in [-0.2, -0.15) is 0 Å². The minimum atomic E-state index is 0.582. The van der Waals surface area contributed by atoms with Crippen LogP contribution in [0.15, 0.2) is 0 Å². The maximum atomic E-state index is 2.47. The van der Waals surface area contributed by atoms with Gasteiger partial charge in [-0.25, -0.2) is 0 Å². The van der Waals surface area contributed by atoms with Crippen molar-refractivity contribution in [3.05, 3.63) is 0 Å². The van der Waals surface area contributed by atoms with E-state index < -0.39 is 0 Å². The highest BCUT2D eigenvalue weighted by molar-refractivity contribution is 4.88. The van der Waals surface area contributed by atoms with Gasteiger partial charge in [0.15, 0.2) is 0 Å². The van der Waals surface area contributed by atoms with Crippen molar-refractivity contribution in [3.8, 4) is 0 Å². The second-order valence-electron chi connectivity index (χ2n) is 5.90. The van der Waals surface area contributed by atoms with Crippen LogP contribution in [0.4, 0.5) is 0 Å². The molecule has 1 saturated carbocycles. The van der Waals surface area contributed by atoms with E-state index >= 15 is 0 Å². The third kappa shape index (κ3) is 2.48. The fourth-order valence-electron chi connectivity index (χ4n) is 3.48. The summed E-state index contributed by atoms with van der Waals surface area (Å²) in [7, 11) is 0. The van der Waals surface area contributed by atoms with E-state index in [1.807, 2.05) is 0 Å². The van der Waals surface area contributed by atoms with Gasteiger partial charge < -0.3 is 0 Å². The Hall–Kier alpha value is 0. The quantitative estimate of drug-likeness (QED) is 0.603. The lowest BCUT2D eigenvalue weighted by atomic mass is 9.71. The maximum absolute atomic E-state index is 2.47. The van der Waals surface area contributed by atoms with E-state index in [2.05, 4.69) is 34.6 Å². The van der Waals surface area contributed by atoms with Crippen molar-refractivity contribution >= 4 is 0 Å². The summed E-state index contributed by atoms with van der Waals surface area (Å²) in [6.45, 7) is 12.1. The Kier molecular flexibility index (Phi) is 3.43. The van der Waals surface area contributed by atoms with Gasteiger partial charge >= 0.3 is 0 Å². The molecular formula is C13H26. The third-order valence-electron chi connectivity index (χ3n) is 4.02. The molecule has 0 N–H and O–H groups in total. The lowest BCUT2D eigenvalue weighted by molar-refractivity contribution is 0.155. The summed E-state index contributed by atoms with van der Waals surface area (Å²) in [5.74, 6) is 2.90. The first-order chi connectivity index (χ1) is 5.97. The molecule has 3 unspecified atom stereocenters. The average molecular weight is 182 g/mol. The molecular weight excluding hydrogens is 156 g/mol.